The maximum Gasteiger partial charge on any atom is 0.338 e. The number of ether oxygens (including phenoxy) is 1. The molecule has 0 fully saturated rings. The van der Waals surface area contributed by atoms with Gasteiger partial charge in [0.2, 0.25) is 10.0 Å². The summed E-state index contributed by atoms with van der Waals surface area (Å²) in [5, 5.41) is 12.6. The van der Waals surface area contributed by atoms with Crippen molar-refractivity contribution in [3.05, 3.63) is 45.3 Å². The summed E-state index contributed by atoms with van der Waals surface area (Å²) in [6.45, 7) is 1.11. The van der Waals surface area contributed by atoms with Gasteiger partial charge in [0.15, 0.2) is 6.61 Å². The lowest BCUT2D eigenvalue weighted by Gasteiger charge is -2.13. The van der Waals surface area contributed by atoms with E-state index in [0.717, 1.165) is 40.4 Å². The van der Waals surface area contributed by atoms with Crippen molar-refractivity contribution in [2.75, 3.05) is 26.0 Å². The first-order valence-corrected chi connectivity index (χ1v) is 12.0. The average molecular weight is 462 g/mol. The van der Waals surface area contributed by atoms with E-state index >= 15 is 0 Å². The summed E-state index contributed by atoms with van der Waals surface area (Å²) >= 11 is 1.39. The first-order valence-electron chi connectivity index (χ1n) is 9.70. The highest BCUT2D eigenvalue weighted by Crippen LogP contribution is 2.37. The lowest BCUT2D eigenvalue weighted by atomic mass is 9.96. The molecule has 1 amide bonds. The van der Waals surface area contributed by atoms with Crippen molar-refractivity contribution in [3.63, 3.8) is 0 Å². The second-order valence-electron chi connectivity index (χ2n) is 7.42. The topological polar surface area (TPSA) is 117 Å². The number of nitrogens with one attached hydrogen (secondary N) is 1. The van der Waals surface area contributed by atoms with E-state index in [-0.39, 0.29) is 10.5 Å². The van der Waals surface area contributed by atoms with E-state index in [1.165, 1.54) is 43.6 Å². The molecule has 2 aromatic rings. The minimum absolute atomic E-state index is 0.0395. The fourth-order valence-corrected chi connectivity index (χ4v) is 5.52. The molecule has 1 aliphatic carbocycles. The van der Waals surface area contributed by atoms with E-state index in [1.807, 2.05) is 0 Å². The molecule has 164 valence electrons. The number of carbonyl (C=O) groups excluding carboxylic acids is 2. The van der Waals surface area contributed by atoms with Crippen LogP contribution >= 0.6 is 11.3 Å². The smallest absolute Gasteiger partial charge is 0.338 e. The van der Waals surface area contributed by atoms with Gasteiger partial charge in [-0.15, -0.1) is 11.3 Å². The second kappa shape index (κ2) is 9.18. The number of amides is 1. The van der Waals surface area contributed by atoms with E-state index in [2.05, 4.69) is 11.4 Å². The molecule has 10 heteroatoms. The van der Waals surface area contributed by atoms with Crippen LogP contribution in [0.3, 0.4) is 0 Å². The van der Waals surface area contributed by atoms with Gasteiger partial charge in [0.25, 0.3) is 5.91 Å². The van der Waals surface area contributed by atoms with Crippen LogP contribution in [0.25, 0.3) is 0 Å². The van der Waals surface area contributed by atoms with Crippen molar-refractivity contribution < 1.29 is 22.7 Å². The number of hydrogen-bond acceptors (Lipinski definition) is 7. The SMILES string of the molecule is Cc1ccc(S(=O)(=O)N(C)C)cc1C(=O)OCC(=O)Nc1sc2c(c1C#N)CCCC2. The molecule has 8 nitrogen and oxygen atoms in total. The fourth-order valence-electron chi connectivity index (χ4n) is 3.34. The number of benzene rings is 1. The summed E-state index contributed by atoms with van der Waals surface area (Å²) in [5.41, 5.74) is 2.08. The number of rotatable bonds is 6. The number of aryl methyl sites for hydroxylation is 2. The molecule has 0 spiro atoms. The van der Waals surface area contributed by atoms with Gasteiger partial charge in [0.1, 0.15) is 11.1 Å². The molecule has 0 radical (unpaired) electrons. The second-order valence-corrected chi connectivity index (χ2v) is 10.7. The van der Waals surface area contributed by atoms with Gasteiger partial charge in [-0.25, -0.2) is 17.5 Å². The van der Waals surface area contributed by atoms with Gasteiger partial charge in [0, 0.05) is 19.0 Å². The van der Waals surface area contributed by atoms with Crippen LogP contribution in [-0.2, 0) is 32.4 Å². The molecule has 31 heavy (non-hydrogen) atoms. The van der Waals surface area contributed by atoms with Gasteiger partial charge >= 0.3 is 5.97 Å². The average Bonchev–Trinajstić information content (AvgIpc) is 3.08. The number of fused-ring (bicyclic) bond motifs is 1. The molecule has 1 aromatic heterocycles. The number of nitrogens with zero attached hydrogens (tertiary/aromatic N) is 2. The van der Waals surface area contributed by atoms with Crippen LogP contribution in [-0.4, -0.2) is 45.3 Å². The third kappa shape index (κ3) is 4.79. The Morgan fingerprint density at radius 3 is 2.65 bits per heavy atom. The van der Waals surface area contributed by atoms with Gasteiger partial charge in [-0.2, -0.15) is 5.26 Å². The third-order valence-corrected chi connectivity index (χ3v) is 8.10. The standard InChI is InChI=1S/C21H23N3O5S2/c1-13-8-9-14(31(27,28)24(2)3)10-16(13)21(26)29-12-19(25)23-20-17(11-22)15-6-4-5-7-18(15)30-20/h8-10H,4-7,12H2,1-3H3,(H,23,25). The molecule has 1 heterocycles. The predicted molar refractivity (Wildman–Crippen MR) is 117 cm³/mol. The molecule has 1 aromatic carbocycles. The van der Waals surface area contributed by atoms with Crippen LogP contribution in [0, 0.1) is 18.3 Å². The molecule has 0 unspecified atom stereocenters. The van der Waals surface area contributed by atoms with Gasteiger partial charge in [-0.3, -0.25) is 4.79 Å². The quantitative estimate of drug-likeness (QED) is 0.661. The zero-order valence-corrected chi connectivity index (χ0v) is 19.2. The maximum atomic E-state index is 12.5. The zero-order valence-electron chi connectivity index (χ0n) is 17.5. The molecule has 0 bridgehead atoms. The van der Waals surface area contributed by atoms with Crippen LogP contribution < -0.4 is 5.32 Å². The Hall–Kier alpha value is -2.74. The number of nitriles is 1. The molecule has 0 atom stereocenters. The molecule has 1 aliphatic rings. The number of esters is 1. The van der Waals surface area contributed by atoms with Crippen LogP contribution in [0.15, 0.2) is 23.1 Å². The predicted octanol–water partition coefficient (Wildman–Crippen LogP) is 2.85. The molecule has 3 rings (SSSR count). The maximum absolute atomic E-state index is 12.5. The Balaban J connectivity index is 1.70. The van der Waals surface area contributed by atoms with E-state index in [1.54, 1.807) is 6.92 Å². The number of hydrogen-bond donors (Lipinski definition) is 1. The van der Waals surface area contributed by atoms with Crippen LogP contribution in [0.4, 0.5) is 5.00 Å². The summed E-state index contributed by atoms with van der Waals surface area (Å²) in [4.78, 5) is 25.9. The minimum Gasteiger partial charge on any atom is -0.452 e. The number of anilines is 1. The summed E-state index contributed by atoms with van der Waals surface area (Å²) in [7, 11) is -0.918. The lowest BCUT2D eigenvalue weighted by Crippen LogP contribution is -2.23. The van der Waals surface area contributed by atoms with Crippen molar-refractivity contribution in [2.45, 2.75) is 37.5 Å². The zero-order chi connectivity index (χ0) is 22.8. The Labute approximate surface area is 185 Å². The van der Waals surface area contributed by atoms with Gasteiger partial charge in [0.05, 0.1) is 16.0 Å². The van der Waals surface area contributed by atoms with Crippen LogP contribution in [0.2, 0.25) is 0 Å². The van der Waals surface area contributed by atoms with Crippen LogP contribution in [0.1, 0.15) is 44.8 Å². The summed E-state index contributed by atoms with van der Waals surface area (Å²) in [6, 6.07) is 6.33. The first kappa shape index (κ1) is 22.9. The van der Waals surface area contributed by atoms with Crippen molar-refractivity contribution >= 4 is 38.2 Å². The Morgan fingerprint density at radius 1 is 1.26 bits per heavy atom. The number of carbonyl (C=O) groups is 2. The first-order chi connectivity index (χ1) is 14.6. The monoisotopic (exact) mass is 461 g/mol. The largest absolute Gasteiger partial charge is 0.452 e. The Bertz CT molecular complexity index is 1180. The molecule has 1 N–H and O–H groups in total. The highest BCUT2D eigenvalue weighted by atomic mass is 32.2. The fraction of sp³-hybridized carbons (Fsp3) is 0.381. The van der Waals surface area contributed by atoms with Crippen molar-refractivity contribution in [3.8, 4) is 6.07 Å². The van der Waals surface area contributed by atoms with E-state index < -0.39 is 28.5 Å². The minimum atomic E-state index is -3.71. The summed E-state index contributed by atoms with van der Waals surface area (Å²) in [5.74, 6) is -1.35. The molecular weight excluding hydrogens is 438 g/mol. The van der Waals surface area contributed by atoms with E-state index in [4.69, 9.17) is 4.74 Å². The normalized spacial score (nSPS) is 13.4. The Kier molecular flexibility index (Phi) is 6.79. The van der Waals surface area contributed by atoms with Gasteiger partial charge in [-0.1, -0.05) is 6.07 Å². The summed E-state index contributed by atoms with van der Waals surface area (Å²) in [6.07, 6.45) is 3.80. The van der Waals surface area contributed by atoms with Crippen molar-refractivity contribution in [2.24, 2.45) is 0 Å². The van der Waals surface area contributed by atoms with Crippen molar-refractivity contribution in [1.29, 1.82) is 5.26 Å². The Morgan fingerprint density at radius 2 is 1.97 bits per heavy atom. The number of sulfonamides is 1. The highest BCUT2D eigenvalue weighted by molar-refractivity contribution is 7.89. The molecule has 0 aliphatic heterocycles. The van der Waals surface area contributed by atoms with Crippen LogP contribution in [0.5, 0.6) is 0 Å². The molecule has 0 saturated carbocycles. The van der Waals surface area contributed by atoms with Crippen molar-refractivity contribution in [1.82, 2.24) is 4.31 Å². The summed E-state index contributed by atoms with van der Waals surface area (Å²) < 4.78 is 30.8. The number of thiophene rings is 1. The van der Waals surface area contributed by atoms with Gasteiger partial charge < -0.3 is 10.1 Å². The molecular formula is C21H23N3O5S2. The van der Waals surface area contributed by atoms with E-state index in [0.29, 0.717) is 16.1 Å². The van der Waals surface area contributed by atoms with E-state index in [9.17, 15) is 23.3 Å². The highest BCUT2D eigenvalue weighted by Gasteiger charge is 2.23. The van der Waals surface area contributed by atoms with Gasteiger partial charge in [-0.05, 0) is 55.9 Å². The molecule has 0 saturated heterocycles. The lowest BCUT2D eigenvalue weighted by molar-refractivity contribution is -0.119. The third-order valence-electron chi connectivity index (χ3n) is 5.08.